The van der Waals surface area contributed by atoms with Crippen molar-refractivity contribution >= 4 is 17.7 Å². The lowest BCUT2D eigenvalue weighted by Gasteiger charge is -2.31. The van der Waals surface area contributed by atoms with Crippen LogP contribution in [0.25, 0.3) is 0 Å². The second-order valence-electron chi connectivity index (χ2n) is 6.75. The molecule has 1 aliphatic rings. The number of dihydropyridines is 1. The van der Waals surface area contributed by atoms with E-state index in [0.717, 1.165) is 6.07 Å². The van der Waals surface area contributed by atoms with Crippen molar-refractivity contribution < 1.29 is 37.0 Å². The van der Waals surface area contributed by atoms with Gasteiger partial charge in [0.15, 0.2) is 5.78 Å². The highest BCUT2D eigenvalue weighted by Gasteiger charge is 2.41. The number of ether oxygens (including phenoxy) is 2. The van der Waals surface area contributed by atoms with E-state index in [-0.39, 0.29) is 35.6 Å². The molecule has 0 radical (unpaired) electrons. The zero-order chi connectivity index (χ0) is 22.6. The number of halogens is 3. The average molecular weight is 425 g/mol. The van der Waals surface area contributed by atoms with Gasteiger partial charge in [-0.3, -0.25) is 9.59 Å². The molecule has 0 aliphatic carbocycles. The Morgan fingerprint density at radius 1 is 0.967 bits per heavy atom. The molecule has 9 heteroatoms. The molecule has 162 valence electrons. The lowest BCUT2D eigenvalue weighted by atomic mass is 9.77. The fourth-order valence-electron chi connectivity index (χ4n) is 3.45. The van der Waals surface area contributed by atoms with E-state index in [2.05, 4.69) is 5.32 Å². The predicted octanol–water partition coefficient (Wildman–Crippen LogP) is 3.64. The molecule has 6 nitrogen and oxygen atoms in total. The molecule has 1 unspecified atom stereocenters. The Morgan fingerprint density at radius 2 is 1.53 bits per heavy atom. The summed E-state index contributed by atoms with van der Waals surface area (Å²) in [7, 11) is 0. The summed E-state index contributed by atoms with van der Waals surface area (Å²) < 4.78 is 50.9. The highest BCUT2D eigenvalue weighted by Crippen LogP contribution is 2.44. The van der Waals surface area contributed by atoms with E-state index in [1.807, 2.05) is 0 Å². The average Bonchev–Trinajstić information content (AvgIpc) is 2.63. The summed E-state index contributed by atoms with van der Waals surface area (Å²) >= 11 is 0. The molecule has 1 aliphatic heterocycles. The van der Waals surface area contributed by atoms with Crippen molar-refractivity contribution in [1.29, 1.82) is 0 Å². The number of carbonyl (C=O) groups is 3. The topological polar surface area (TPSA) is 81.7 Å². The summed E-state index contributed by atoms with van der Waals surface area (Å²) in [5.41, 5.74) is -0.589. The number of rotatable bonds is 6. The fraction of sp³-hybridized carbons (Fsp3) is 0.381. The molecular formula is C21H22F3NO5. The van der Waals surface area contributed by atoms with Gasteiger partial charge in [0.1, 0.15) is 13.2 Å². The van der Waals surface area contributed by atoms with Gasteiger partial charge in [0, 0.05) is 29.8 Å². The van der Waals surface area contributed by atoms with Crippen LogP contribution >= 0.6 is 0 Å². The Bertz CT molecular complexity index is 931. The Morgan fingerprint density at radius 3 is 2.10 bits per heavy atom. The van der Waals surface area contributed by atoms with Crippen molar-refractivity contribution in [3.8, 4) is 0 Å². The van der Waals surface area contributed by atoms with Gasteiger partial charge in [-0.25, -0.2) is 4.79 Å². The first-order chi connectivity index (χ1) is 13.9. The van der Waals surface area contributed by atoms with E-state index in [4.69, 9.17) is 9.47 Å². The van der Waals surface area contributed by atoms with E-state index in [9.17, 15) is 27.6 Å². The molecule has 1 heterocycles. The molecule has 2 rings (SSSR count). The third-order valence-corrected chi connectivity index (χ3v) is 4.56. The van der Waals surface area contributed by atoms with Gasteiger partial charge in [-0.15, -0.1) is 0 Å². The van der Waals surface area contributed by atoms with Crippen LogP contribution < -0.4 is 5.32 Å². The van der Waals surface area contributed by atoms with E-state index in [0.29, 0.717) is 5.70 Å². The maximum atomic E-state index is 13.7. The Kier molecular flexibility index (Phi) is 7.07. The van der Waals surface area contributed by atoms with Gasteiger partial charge < -0.3 is 14.8 Å². The fourth-order valence-corrected chi connectivity index (χ4v) is 3.45. The maximum Gasteiger partial charge on any atom is 0.416 e. The van der Waals surface area contributed by atoms with E-state index in [1.54, 1.807) is 6.92 Å². The van der Waals surface area contributed by atoms with Gasteiger partial charge in [0.25, 0.3) is 0 Å². The standard InChI is InChI=1S/C21H22F3NO5/c1-11-17(13(3)26)19(15-7-5-6-8-16(15)21(22,23)24)18(12(2)25-11)20(28)30-10-9-29-14(4)27/h5-8,19,25H,9-10H2,1-4H3. The largest absolute Gasteiger partial charge is 0.462 e. The molecule has 0 spiro atoms. The molecular weight excluding hydrogens is 403 g/mol. The summed E-state index contributed by atoms with van der Waals surface area (Å²) in [6.45, 7) is 5.03. The second-order valence-corrected chi connectivity index (χ2v) is 6.75. The molecule has 1 aromatic carbocycles. The number of benzene rings is 1. The van der Waals surface area contributed by atoms with Crippen molar-refractivity contribution in [1.82, 2.24) is 5.32 Å². The van der Waals surface area contributed by atoms with Gasteiger partial charge in [0.2, 0.25) is 0 Å². The number of allylic oxidation sites excluding steroid dienone is 3. The van der Waals surface area contributed by atoms with Gasteiger partial charge in [-0.2, -0.15) is 13.2 Å². The van der Waals surface area contributed by atoms with Gasteiger partial charge in [-0.1, -0.05) is 18.2 Å². The molecule has 1 atom stereocenters. The van der Waals surface area contributed by atoms with Crippen LogP contribution in [0.3, 0.4) is 0 Å². The van der Waals surface area contributed by atoms with Crippen molar-refractivity contribution in [2.24, 2.45) is 0 Å². The Hall–Kier alpha value is -3.10. The number of carbonyl (C=O) groups excluding carboxylic acids is 3. The quantitative estimate of drug-likeness (QED) is 0.554. The van der Waals surface area contributed by atoms with Crippen LogP contribution in [0.4, 0.5) is 13.2 Å². The molecule has 30 heavy (non-hydrogen) atoms. The minimum absolute atomic E-state index is 0.0456. The van der Waals surface area contributed by atoms with Crippen LogP contribution in [-0.4, -0.2) is 30.9 Å². The second kappa shape index (κ2) is 9.15. The van der Waals surface area contributed by atoms with E-state index < -0.39 is 35.4 Å². The normalized spacial score (nSPS) is 16.8. The van der Waals surface area contributed by atoms with Crippen molar-refractivity contribution in [2.45, 2.75) is 39.8 Å². The minimum Gasteiger partial charge on any atom is -0.462 e. The number of hydrogen-bond donors (Lipinski definition) is 1. The zero-order valence-electron chi connectivity index (χ0n) is 17.0. The smallest absolute Gasteiger partial charge is 0.416 e. The lowest BCUT2D eigenvalue weighted by Crippen LogP contribution is -2.32. The maximum absolute atomic E-state index is 13.7. The number of Topliss-reactive ketones (excluding diaryl/α,β-unsaturated/α-hetero) is 1. The summed E-state index contributed by atoms with van der Waals surface area (Å²) in [6.07, 6.45) is -4.69. The molecule has 0 saturated heterocycles. The summed E-state index contributed by atoms with van der Waals surface area (Å²) in [6, 6.07) is 4.81. The molecule has 0 fully saturated rings. The lowest BCUT2D eigenvalue weighted by molar-refractivity contribution is -0.148. The minimum atomic E-state index is -4.69. The predicted molar refractivity (Wildman–Crippen MR) is 101 cm³/mol. The third-order valence-electron chi connectivity index (χ3n) is 4.56. The Labute approximate surface area is 171 Å². The van der Waals surface area contributed by atoms with Crippen molar-refractivity contribution in [3.05, 3.63) is 57.9 Å². The van der Waals surface area contributed by atoms with Gasteiger partial charge in [-0.05, 0) is 32.4 Å². The highest BCUT2D eigenvalue weighted by molar-refractivity contribution is 6.02. The van der Waals surface area contributed by atoms with Crippen LogP contribution in [-0.2, 0) is 30.0 Å². The summed E-state index contributed by atoms with van der Waals surface area (Å²) in [5, 5.41) is 2.88. The number of ketones is 1. The highest BCUT2D eigenvalue weighted by atomic mass is 19.4. The first-order valence-corrected chi connectivity index (χ1v) is 9.11. The number of hydrogen-bond acceptors (Lipinski definition) is 6. The van der Waals surface area contributed by atoms with Crippen LogP contribution in [0.5, 0.6) is 0 Å². The molecule has 0 amide bonds. The third kappa shape index (κ3) is 5.08. The summed E-state index contributed by atoms with van der Waals surface area (Å²) in [5.74, 6) is -3.20. The summed E-state index contributed by atoms with van der Waals surface area (Å²) in [4.78, 5) is 36.0. The molecule has 0 saturated carbocycles. The Balaban J connectivity index is 2.55. The van der Waals surface area contributed by atoms with Crippen molar-refractivity contribution in [2.75, 3.05) is 13.2 Å². The van der Waals surface area contributed by atoms with Crippen LogP contribution in [0.15, 0.2) is 46.8 Å². The van der Waals surface area contributed by atoms with Gasteiger partial charge >= 0.3 is 18.1 Å². The first-order valence-electron chi connectivity index (χ1n) is 9.11. The molecule has 1 N–H and O–H groups in total. The number of esters is 2. The first kappa shape index (κ1) is 23.2. The molecule has 1 aromatic rings. The van der Waals surface area contributed by atoms with Crippen LogP contribution in [0.2, 0.25) is 0 Å². The van der Waals surface area contributed by atoms with Crippen LogP contribution in [0.1, 0.15) is 44.7 Å². The molecule has 0 aromatic heterocycles. The van der Waals surface area contributed by atoms with E-state index in [1.165, 1.54) is 39.0 Å². The monoisotopic (exact) mass is 425 g/mol. The number of nitrogens with one attached hydrogen (secondary N) is 1. The number of alkyl halides is 3. The van der Waals surface area contributed by atoms with Gasteiger partial charge in [0.05, 0.1) is 11.1 Å². The zero-order valence-corrected chi connectivity index (χ0v) is 17.0. The van der Waals surface area contributed by atoms with E-state index >= 15 is 0 Å². The van der Waals surface area contributed by atoms with Crippen LogP contribution in [0, 0.1) is 0 Å². The SMILES string of the molecule is CC(=O)OCCOC(=O)C1=C(C)NC(C)=C(C(C)=O)C1c1ccccc1C(F)(F)F. The molecule has 0 bridgehead atoms. The van der Waals surface area contributed by atoms with Crippen molar-refractivity contribution in [3.63, 3.8) is 0 Å².